The highest BCUT2D eigenvalue weighted by molar-refractivity contribution is 6.44. The molecule has 0 bridgehead atoms. The fourth-order valence-electron chi connectivity index (χ4n) is 2.01. The first-order chi connectivity index (χ1) is 9.40. The molecule has 1 aliphatic rings. The van der Waals surface area contributed by atoms with Crippen molar-refractivity contribution in [3.63, 3.8) is 0 Å². The van der Waals surface area contributed by atoms with Gasteiger partial charge in [0.1, 0.15) is 0 Å². The van der Waals surface area contributed by atoms with Crippen molar-refractivity contribution in [2.24, 2.45) is 0 Å². The summed E-state index contributed by atoms with van der Waals surface area (Å²) >= 11 is 11.8. The molecule has 2 rings (SSSR count). The highest BCUT2D eigenvalue weighted by atomic mass is 35.5. The number of non-ortho nitro benzene ring substituents is 1. The van der Waals surface area contributed by atoms with Crippen molar-refractivity contribution in [1.29, 1.82) is 0 Å². The number of amides is 1. The van der Waals surface area contributed by atoms with Crippen molar-refractivity contribution < 1.29 is 14.5 Å². The lowest BCUT2D eigenvalue weighted by Gasteiger charge is -2.31. The minimum atomic E-state index is -0.610. The van der Waals surface area contributed by atoms with Gasteiger partial charge in [-0.15, -0.1) is 0 Å². The summed E-state index contributed by atoms with van der Waals surface area (Å²) in [4.78, 5) is 24.2. The van der Waals surface area contributed by atoms with Crippen LogP contribution in [0.3, 0.4) is 0 Å². The number of nitro benzene ring substituents is 1. The molecule has 1 aromatic carbocycles. The fourth-order valence-corrected chi connectivity index (χ4v) is 2.41. The second-order valence-electron chi connectivity index (χ2n) is 4.48. The number of nitrogens with zero attached hydrogens (tertiary/aromatic N) is 2. The Balaban J connectivity index is 2.35. The average Bonchev–Trinajstić information content (AvgIpc) is 2.40. The largest absolute Gasteiger partial charge is 0.375 e. The molecule has 8 heteroatoms. The summed E-state index contributed by atoms with van der Waals surface area (Å²) in [7, 11) is 0. The van der Waals surface area contributed by atoms with E-state index in [0.29, 0.717) is 19.7 Å². The van der Waals surface area contributed by atoms with Gasteiger partial charge in [0.2, 0.25) is 0 Å². The van der Waals surface area contributed by atoms with Crippen LogP contribution in [0.15, 0.2) is 12.1 Å². The molecule has 20 heavy (non-hydrogen) atoms. The number of morpholine rings is 1. The van der Waals surface area contributed by atoms with E-state index in [0.717, 1.165) is 12.1 Å². The third kappa shape index (κ3) is 3.03. The summed E-state index contributed by atoms with van der Waals surface area (Å²) in [6.07, 6.45) is -0.0827. The molecule has 6 nitrogen and oxygen atoms in total. The van der Waals surface area contributed by atoms with Crippen molar-refractivity contribution >= 4 is 34.8 Å². The minimum absolute atomic E-state index is 0.00877. The Morgan fingerprint density at radius 2 is 2.20 bits per heavy atom. The zero-order valence-corrected chi connectivity index (χ0v) is 12.1. The highest BCUT2D eigenvalue weighted by Crippen LogP contribution is 2.31. The Bertz CT molecular complexity index is 565. The smallest absolute Gasteiger partial charge is 0.271 e. The zero-order chi connectivity index (χ0) is 14.9. The van der Waals surface area contributed by atoms with Gasteiger partial charge < -0.3 is 9.64 Å². The molecule has 0 N–H and O–H groups in total. The summed E-state index contributed by atoms with van der Waals surface area (Å²) in [5.74, 6) is -0.379. The number of carbonyl (C=O) groups is 1. The minimum Gasteiger partial charge on any atom is -0.375 e. The summed E-state index contributed by atoms with van der Waals surface area (Å²) in [6.45, 7) is 3.10. The van der Waals surface area contributed by atoms with Crippen LogP contribution in [-0.2, 0) is 4.74 Å². The highest BCUT2D eigenvalue weighted by Gasteiger charge is 2.26. The van der Waals surface area contributed by atoms with Crippen LogP contribution in [0.5, 0.6) is 0 Å². The summed E-state index contributed by atoms with van der Waals surface area (Å²) in [5.41, 5.74) is -0.218. The van der Waals surface area contributed by atoms with Crippen molar-refractivity contribution in [1.82, 2.24) is 4.90 Å². The quantitative estimate of drug-likeness (QED) is 0.621. The Morgan fingerprint density at radius 3 is 2.80 bits per heavy atom. The molecule has 0 aromatic heterocycles. The molecule has 1 unspecified atom stereocenters. The van der Waals surface area contributed by atoms with Gasteiger partial charge in [-0.3, -0.25) is 14.9 Å². The molecular formula is C12H12Cl2N2O4. The number of rotatable bonds is 2. The average molecular weight is 319 g/mol. The first-order valence-electron chi connectivity index (χ1n) is 5.94. The van der Waals surface area contributed by atoms with Gasteiger partial charge in [-0.25, -0.2) is 0 Å². The van der Waals surface area contributed by atoms with Gasteiger partial charge in [0.15, 0.2) is 0 Å². The monoisotopic (exact) mass is 318 g/mol. The second kappa shape index (κ2) is 5.95. The number of benzene rings is 1. The van der Waals surface area contributed by atoms with E-state index in [2.05, 4.69) is 0 Å². The summed E-state index contributed by atoms with van der Waals surface area (Å²) < 4.78 is 5.35. The van der Waals surface area contributed by atoms with Crippen LogP contribution in [-0.4, -0.2) is 41.5 Å². The first kappa shape index (κ1) is 15.0. The SMILES string of the molecule is CC1CN(C(=O)c2cc([N+](=O)[O-])cc(Cl)c2Cl)CCO1. The molecule has 1 amide bonds. The lowest BCUT2D eigenvalue weighted by molar-refractivity contribution is -0.384. The predicted molar refractivity (Wildman–Crippen MR) is 74.4 cm³/mol. The maximum absolute atomic E-state index is 12.4. The van der Waals surface area contributed by atoms with Gasteiger partial charge in [0, 0.05) is 25.2 Å². The van der Waals surface area contributed by atoms with E-state index in [4.69, 9.17) is 27.9 Å². The first-order valence-corrected chi connectivity index (χ1v) is 6.70. The summed E-state index contributed by atoms with van der Waals surface area (Å²) in [5, 5.41) is 10.8. The molecule has 1 heterocycles. The van der Waals surface area contributed by atoms with E-state index in [1.807, 2.05) is 6.92 Å². The predicted octanol–water partition coefficient (Wildman–Crippen LogP) is 2.76. The van der Waals surface area contributed by atoms with E-state index >= 15 is 0 Å². The van der Waals surface area contributed by atoms with Gasteiger partial charge in [0.05, 0.1) is 33.2 Å². The zero-order valence-electron chi connectivity index (χ0n) is 10.6. The lowest BCUT2D eigenvalue weighted by atomic mass is 10.1. The summed E-state index contributed by atoms with van der Waals surface area (Å²) in [6, 6.07) is 2.28. The lowest BCUT2D eigenvalue weighted by Crippen LogP contribution is -2.44. The Morgan fingerprint density at radius 1 is 1.50 bits per heavy atom. The van der Waals surface area contributed by atoms with Crippen molar-refractivity contribution in [2.75, 3.05) is 19.7 Å². The number of hydrogen-bond donors (Lipinski definition) is 0. The Labute approximate surface area is 125 Å². The molecule has 0 radical (unpaired) electrons. The number of halogens is 2. The van der Waals surface area contributed by atoms with Crippen LogP contribution in [0.4, 0.5) is 5.69 Å². The van der Waals surface area contributed by atoms with Gasteiger partial charge in [-0.05, 0) is 6.92 Å². The van der Waals surface area contributed by atoms with Gasteiger partial charge >= 0.3 is 0 Å². The van der Waals surface area contributed by atoms with E-state index in [9.17, 15) is 14.9 Å². The molecule has 1 aliphatic heterocycles. The maximum atomic E-state index is 12.4. The molecule has 0 spiro atoms. The van der Waals surface area contributed by atoms with Crippen LogP contribution in [0.25, 0.3) is 0 Å². The number of hydrogen-bond acceptors (Lipinski definition) is 4. The fraction of sp³-hybridized carbons (Fsp3) is 0.417. The van der Waals surface area contributed by atoms with E-state index in [1.54, 1.807) is 4.90 Å². The maximum Gasteiger partial charge on any atom is 0.271 e. The Kier molecular flexibility index (Phi) is 4.47. The van der Waals surface area contributed by atoms with Gasteiger partial charge in [0.25, 0.3) is 11.6 Å². The molecule has 1 atom stereocenters. The normalized spacial score (nSPS) is 18.9. The number of carbonyl (C=O) groups excluding carboxylic acids is 1. The van der Waals surface area contributed by atoms with Crippen molar-refractivity contribution in [2.45, 2.75) is 13.0 Å². The molecule has 0 aliphatic carbocycles. The molecular weight excluding hydrogens is 307 g/mol. The molecule has 108 valence electrons. The van der Waals surface area contributed by atoms with E-state index in [1.165, 1.54) is 0 Å². The molecule has 1 fully saturated rings. The third-order valence-electron chi connectivity index (χ3n) is 2.98. The van der Waals surface area contributed by atoms with E-state index in [-0.39, 0.29) is 33.3 Å². The second-order valence-corrected chi connectivity index (χ2v) is 5.26. The topological polar surface area (TPSA) is 72.7 Å². The molecule has 1 saturated heterocycles. The van der Waals surface area contributed by atoms with Crippen molar-refractivity contribution in [3.8, 4) is 0 Å². The number of nitro groups is 1. The third-order valence-corrected chi connectivity index (χ3v) is 3.78. The number of ether oxygens (including phenoxy) is 1. The Hall–Kier alpha value is -1.37. The molecule has 1 aromatic rings. The van der Waals surface area contributed by atoms with Crippen LogP contribution in [0.2, 0.25) is 10.0 Å². The van der Waals surface area contributed by atoms with Crippen LogP contribution in [0.1, 0.15) is 17.3 Å². The van der Waals surface area contributed by atoms with Gasteiger partial charge in [-0.2, -0.15) is 0 Å². The molecule has 0 saturated carbocycles. The van der Waals surface area contributed by atoms with E-state index < -0.39 is 4.92 Å². The van der Waals surface area contributed by atoms with Crippen LogP contribution >= 0.6 is 23.2 Å². The standard InChI is InChI=1S/C12H12Cl2N2O4/c1-7-6-15(2-3-20-7)12(17)9-4-8(16(18)19)5-10(13)11(9)14/h4-5,7H,2-3,6H2,1H3. The van der Waals surface area contributed by atoms with Gasteiger partial charge in [-0.1, -0.05) is 23.2 Å². The van der Waals surface area contributed by atoms with Crippen LogP contribution in [0, 0.1) is 10.1 Å². The van der Waals surface area contributed by atoms with Crippen molar-refractivity contribution in [3.05, 3.63) is 37.9 Å². The van der Waals surface area contributed by atoms with Crippen LogP contribution < -0.4 is 0 Å².